The van der Waals surface area contributed by atoms with Crippen LogP contribution in [0, 0.1) is 6.92 Å². The predicted octanol–water partition coefficient (Wildman–Crippen LogP) is 0.0197. The van der Waals surface area contributed by atoms with Gasteiger partial charge in [0.05, 0.1) is 25.0 Å². The van der Waals surface area contributed by atoms with E-state index in [1.165, 1.54) is 6.26 Å². The normalized spacial score (nSPS) is 27.5. The molecule has 3 rings (SSSR count). The summed E-state index contributed by atoms with van der Waals surface area (Å²) in [6, 6.07) is -0.0936. The van der Waals surface area contributed by atoms with Crippen molar-refractivity contribution in [2.24, 2.45) is 0 Å². The molecule has 122 valence electrons. The molecular weight excluding hydrogens is 304 g/mol. The minimum atomic E-state index is -3.20. The molecule has 2 aliphatic heterocycles. The largest absolute Gasteiger partial charge is 0.375 e. The highest BCUT2D eigenvalue weighted by Crippen LogP contribution is 2.25. The second-order valence-electron chi connectivity index (χ2n) is 6.01. The predicted molar refractivity (Wildman–Crippen MR) is 81.7 cm³/mol. The average molecular weight is 326 g/mol. The molecule has 8 heteroatoms. The molecule has 0 bridgehead atoms. The Morgan fingerprint density at radius 1 is 1.32 bits per heavy atom. The van der Waals surface area contributed by atoms with Gasteiger partial charge in [-0.1, -0.05) is 0 Å². The van der Waals surface area contributed by atoms with E-state index in [0.717, 1.165) is 30.9 Å². The number of hydrogen-bond donors (Lipinski definition) is 0. The summed E-state index contributed by atoms with van der Waals surface area (Å²) in [5.41, 5.74) is 1.05. The summed E-state index contributed by atoms with van der Waals surface area (Å²) in [5, 5.41) is 0. The van der Waals surface area contributed by atoms with Crippen LogP contribution in [0.1, 0.15) is 17.8 Å². The SMILES string of the molecule is Cc1ncc(CN2CC[C@H]3OCCN(S(C)(=O)=O)[C@@H]3C2)cn1. The Labute approximate surface area is 131 Å². The molecule has 1 aromatic rings. The number of aromatic nitrogens is 2. The van der Waals surface area contributed by atoms with Gasteiger partial charge in [0.15, 0.2) is 0 Å². The van der Waals surface area contributed by atoms with Crippen LogP contribution < -0.4 is 0 Å². The quantitative estimate of drug-likeness (QED) is 0.779. The zero-order chi connectivity index (χ0) is 15.7. The van der Waals surface area contributed by atoms with Crippen molar-refractivity contribution in [3.05, 3.63) is 23.8 Å². The molecule has 2 fully saturated rings. The van der Waals surface area contributed by atoms with Crippen LogP contribution in [0.25, 0.3) is 0 Å². The lowest BCUT2D eigenvalue weighted by Crippen LogP contribution is -2.60. The van der Waals surface area contributed by atoms with Gasteiger partial charge < -0.3 is 4.74 Å². The summed E-state index contributed by atoms with van der Waals surface area (Å²) in [6.07, 6.45) is 5.81. The summed E-state index contributed by atoms with van der Waals surface area (Å²) < 4.78 is 31.3. The van der Waals surface area contributed by atoms with Crippen molar-refractivity contribution in [1.29, 1.82) is 0 Å². The van der Waals surface area contributed by atoms with E-state index in [-0.39, 0.29) is 12.1 Å². The van der Waals surface area contributed by atoms with Crippen LogP contribution >= 0.6 is 0 Å². The number of aryl methyl sites for hydroxylation is 1. The fourth-order valence-electron chi connectivity index (χ4n) is 3.22. The Hall–Kier alpha value is -1.09. The zero-order valence-electron chi connectivity index (χ0n) is 13.0. The smallest absolute Gasteiger partial charge is 0.211 e. The van der Waals surface area contributed by atoms with Crippen LogP contribution in [-0.2, 0) is 21.3 Å². The van der Waals surface area contributed by atoms with Gasteiger partial charge in [0.25, 0.3) is 0 Å². The van der Waals surface area contributed by atoms with E-state index in [1.807, 2.05) is 19.3 Å². The Kier molecular flexibility index (Phi) is 4.44. The fraction of sp³-hybridized carbons (Fsp3) is 0.714. The number of ether oxygens (including phenoxy) is 1. The maximum Gasteiger partial charge on any atom is 0.211 e. The molecule has 0 aliphatic carbocycles. The van der Waals surface area contributed by atoms with E-state index in [4.69, 9.17) is 4.74 Å². The Bertz CT molecular complexity index is 619. The molecule has 0 aromatic carbocycles. The van der Waals surface area contributed by atoms with Crippen molar-refractivity contribution in [3.8, 4) is 0 Å². The lowest BCUT2D eigenvalue weighted by molar-refractivity contribution is -0.0768. The number of hydrogen-bond acceptors (Lipinski definition) is 6. The molecule has 0 N–H and O–H groups in total. The molecule has 1 aromatic heterocycles. The molecular formula is C14H22N4O3S. The van der Waals surface area contributed by atoms with Gasteiger partial charge in [-0.05, 0) is 13.3 Å². The van der Waals surface area contributed by atoms with Gasteiger partial charge in [-0.2, -0.15) is 4.31 Å². The minimum Gasteiger partial charge on any atom is -0.375 e. The van der Waals surface area contributed by atoms with Crippen molar-refractivity contribution < 1.29 is 13.2 Å². The topological polar surface area (TPSA) is 75.6 Å². The molecule has 22 heavy (non-hydrogen) atoms. The van der Waals surface area contributed by atoms with Gasteiger partial charge in [-0.25, -0.2) is 18.4 Å². The number of piperidine rings is 1. The number of sulfonamides is 1. The monoisotopic (exact) mass is 326 g/mol. The number of morpholine rings is 1. The highest BCUT2D eigenvalue weighted by molar-refractivity contribution is 7.88. The first-order valence-corrected chi connectivity index (χ1v) is 9.36. The van der Waals surface area contributed by atoms with E-state index in [0.29, 0.717) is 19.7 Å². The summed E-state index contributed by atoms with van der Waals surface area (Å²) in [7, 11) is -3.20. The Balaban J connectivity index is 1.70. The molecule has 2 saturated heterocycles. The maximum absolute atomic E-state index is 12.0. The summed E-state index contributed by atoms with van der Waals surface area (Å²) in [6.45, 7) is 5.11. The molecule has 0 unspecified atom stereocenters. The van der Waals surface area contributed by atoms with Crippen LogP contribution in [-0.4, -0.2) is 72.2 Å². The third-order valence-corrected chi connectivity index (χ3v) is 5.59. The van der Waals surface area contributed by atoms with E-state index < -0.39 is 10.0 Å². The Morgan fingerprint density at radius 2 is 2.05 bits per heavy atom. The van der Waals surface area contributed by atoms with Gasteiger partial charge >= 0.3 is 0 Å². The number of nitrogens with zero attached hydrogens (tertiary/aromatic N) is 4. The van der Waals surface area contributed by atoms with E-state index in [2.05, 4.69) is 14.9 Å². The van der Waals surface area contributed by atoms with Crippen molar-refractivity contribution >= 4 is 10.0 Å². The molecule has 0 spiro atoms. The van der Waals surface area contributed by atoms with Crippen LogP contribution in [0.3, 0.4) is 0 Å². The van der Waals surface area contributed by atoms with Gasteiger partial charge in [0.1, 0.15) is 5.82 Å². The number of fused-ring (bicyclic) bond motifs is 1. The molecule has 0 amide bonds. The van der Waals surface area contributed by atoms with Gasteiger partial charge in [-0.15, -0.1) is 0 Å². The highest BCUT2D eigenvalue weighted by Gasteiger charge is 2.40. The van der Waals surface area contributed by atoms with Gasteiger partial charge in [0, 0.05) is 44.1 Å². The van der Waals surface area contributed by atoms with Crippen LogP contribution in [0.4, 0.5) is 0 Å². The zero-order valence-corrected chi connectivity index (χ0v) is 13.8. The first kappa shape index (κ1) is 15.8. The molecule has 0 radical (unpaired) electrons. The summed E-state index contributed by atoms with van der Waals surface area (Å²) >= 11 is 0. The second kappa shape index (κ2) is 6.19. The van der Waals surface area contributed by atoms with E-state index in [9.17, 15) is 8.42 Å². The molecule has 0 saturated carbocycles. The first-order valence-electron chi connectivity index (χ1n) is 7.52. The van der Waals surface area contributed by atoms with Crippen LogP contribution in [0.5, 0.6) is 0 Å². The minimum absolute atomic E-state index is 0.00833. The molecule has 3 heterocycles. The maximum atomic E-state index is 12.0. The number of likely N-dealkylation sites (tertiary alicyclic amines) is 1. The van der Waals surface area contributed by atoms with Gasteiger partial charge in [0.2, 0.25) is 10.0 Å². The highest BCUT2D eigenvalue weighted by atomic mass is 32.2. The third kappa shape index (κ3) is 3.45. The number of rotatable bonds is 3. The van der Waals surface area contributed by atoms with Crippen LogP contribution in [0.15, 0.2) is 12.4 Å². The van der Waals surface area contributed by atoms with Crippen molar-refractivity contribution in [3.63, 3.8) is 0 Å². The fourth-order valence-corrected chi connectivity index (χ4v) is 4.32. The molecule has 7 nitrogen and oxygen atoms in total. The average Bonchev–Trinajstić information content (AvgIpc) is 2.48. The second-order valence-corrected chi connectivity index (χ2v) is 7.95. The molecule has 2 atom stereocenters. The van der Waals surface area contributed by atoms with Crippen molar-refractivity contribution in [2.45, 2.75) is 32.0 Å². The summed E-state index contributed by atoms with van der Waals surface area (Å²) in [4.78, 5) is 10.7. The van der Waals surface area contributed by atoms with Gasteiger partial charge in [-0.3, -0.25) is 4.90 Å². The van der Waals surface area contributed by atoms with E-state index in [1.54, 1.807) is 4.31 Å². The van der Waals surface area contributed by atoms with E-state index >= 15 is 0 Å². The lowest BCUT2D eigenvalue weighted by atomic mass is 10.0. The van der Waals surface area contributed by atoms with Crippen molar-refractivity contribution in [2.75, 3.05) is 32.5 Å². The lowest BCUT2D eigenvalue weighted by Gasteiger charge is -2.45. The first-order chi connectivity index (χ1) is 10.4. The summed E-state index contributed by atoms with van der Waals surface area (Å²) in [5.74, 6) is 0.756. The Morgan fingerprint density at radius 3 is 2.73 bits per heavy atom. The van der Waals surface area contributed by atoms with Crippen molar-refractivity contribution in [1.82, 2.24) is 19.2 Å². The van der Waals surface area contributed by atoms with Crippen LogP contribution in [0.2, 0.25) is 0 Å². The standard InChI is InChI=1S/C14H22N4O3S/c1-11-15-7-12(8-16-11)9-17-4-3-14-13(10-17)18(5-6-21-14)22(2,19)20/h7-8,13-14H,3-6,9-10H2,1-2H3/t13-,14-/m1/s1. The third-order valence-electron chi connectivity index (χ3n) is 4.28. The molecule has 2 aliphatic rings.